The summed E-state index contributed by atoms with van der Waals surface area (Å²) in [5.74, 6) is 1.07. The zero-order valence-corrected chi connectivity index (χ0v) is 28.8. The lowest BCUT2D eigenvalue weighted by molar-refractivity contribution is -0.157. The number of Topliss-reactive ketones (excluding diaryl/α,β-unsaturated/α-hetero) is 1. The molecule has 1 aliphatic carbocycles. The van der Waals surface area contributed by atoms with Crippen molar-refractivity contribution in [2.75, 3.05) is 34.0 Å². The summed E-state index contributed by atoms with van der Waals surface area (Å²) in [6, 6.07) is 28.6. The second kappa shape index (κ2) is 15.9. The molecule has 0 N–H and O–H groups in total. The number of carbonyl (C=O) groups is 3. The van der Waals surface area contributed by atoms with Crippen LogP contribution in [-0.4, -0.2) is 62.8 Å². The number of nitrogens with zero attached hydrogens (tertiary/aromatic N) is 1. The Morgan fingerprint density at radius 3 is 2.24 bits per heavy atom. The van der Waals surface area contributed by atoms with E-state index in [4.69, 9.17) is 23.7 Å². The van der Waals surface area contributed by atoms with E-state index in [1.807, 2.05) is 54.6 Å². The van der Waals surface area contributed by atoms with Crippen molar-refractivity contribution < 1.29 is 38.1 Å². The van der Waals surface area contributed by atoms with Crippen molar-refractivity contribution in [2.45, 2.75) is 57.1 Å². The highest BCUT2D eigenvalue weighted by atomic mass is 16.6. The Morgan fingerprint density at radius 2 is 1.54 bits per heavy atom. The standard InChI is InChI=1S/C41H43NO8/c1-27(43)25-48-30-12-10-11-29(24-30)37(20-18-28-19-21-38(46-2)39(23-28)47-3)50-40(44)36-17-8-9-22-42(36)41(45)49-26-35-33-15-6-4-13-31(33)32-14-5-7-16-34(32)35/h4-7,10-16,19,21,23-24,35-37H,8-9,17-18,20,22,25-26H2,1-3H3/t36-,37+/m0/s1. The van der Waals surface area contributed by atoms with E-state index in [0.717, 1.165) is 46.2 Å². The van der Waals surface area contributed by atoms with Crippen molar-refractivity contribution in [3.63, 3.8) is 0 Å². The van der Waals surface area contributed by atoms with Gasteiger partial charge in [0, 0.05) is 12.5 Å². The molecule has 1 amide bonds. The van der Waals surface area contributed by atoms with E-state index in [9.17, 15) is 14.4 Å². The van der Waals surface area contributed by atoms with Crippen LogP contribution in [0.2, 0.25) is 0 Å². The lowest BCUT2D eigenvalue weighted by atomic mass is 9.98. The number of benzene rings is 4. The average Bonchev–Trinajstić information content (AvgIpc) is 3.47. The van der Waals surface area contributed by atoms with Gasteiger partial charge < -0.3 is 23.7 Å². The van der Waals surface area contributed by atoms with Crippen LogP contribution in [0.25, 0.3) is 11.1 Å². The van der Waals surface area contributed by atoms with E-state index < -0.39 is 24.2 Å². The number of likely N-dealkylation sites (tertiary alicyclic amines) is 1. The Labute approximate surface area is 293 Å². The van der Waals surface area contributed by atoms with Crippen molar-refractivity contribution >= 4 is 17.8 Å². The maximum Gasteiger partial charge on any atom is 0.410 e. The summed E-state index contributed by atoms with van der Waals surface area (Å²) in [7, 11) is 3.18. The van der Waals surface area contributed by atoms with Gasteiger partial charge in [0.05, 0.1) is 14.2 Å². The molecule has 1 saturated heterocycles. The number of carbonyl (C=O) groups excluding carboxylic acids is 3. The van der Waals surface area contributed by atoms with E-state index in [0.29, 0.717) is 43.1 Å². The summed E-state index contributed by atoms with van der Waals surface area (Å²) in [5.41, 5.74) is 6.26. The molecule has 2 atom stereocenters. The van der Waals surface area contributed by atoms with Gasteiger partial charge in [-0.2, -0.15) is 0 Å². The topological polar surface area (TPSA) is 101 Å². The largest absolute Gasteiger partial charge is 0.493 e. The molecule has 260 valence electrons. The van der Waals surface area contributed by atoms with Crippen molar-refractivity contribution in [2.24, 2.45) is 0 Å². The Balaban J connectivity index is 1.18. The monoisotopic (exact) mass is 677 g/mol. The predicted octanol–water partition coefficient (Wildman–Crippen LogP) is 7.69. The van der Waals surface area contributed by atoms with Crippen molar-refractivity contribution in [1.29, 1.82) is 0 Å². The molecule has 6 rings (SSSR count). The third-order valence-corrected chi connectivity index (χ3v) is 9.42. The van der Waals surface area contributed by atoms with Gasteiger partial charge in [0.2, 0.25) is 0 Å². The molecule has 0 saturated carbocycles. The number of fused-ring (bicyclic) bond motifs is 3. The number of hydrogen-bond donors (Lipinski definition) is 0. The van der Waals surface area contributed by atoms with Crippen LogP contribution in [0.3, 0.4) is 0 Å². The molecule has 0 bridgehead atoms. The number of methoxy groups -OCH3 is 2. The van der Waals surface area contributed by atoms with Gasteiger partial charge in [-0.3, -0.25) is 9.69 Å². The van der Waals surface area contributed by atoms with E-state index >= 15 is 0 Å². The fourth-order valence-electron chi connectivity index (χ4n) is 6.91. The molecule has 0 unspecified atom stereocenters. The first-order chi connectivity index (χ1) is 24.4. The number of piperidine rings is 1. The smallest absolute Gasteiger partial charge is 0.410 e. The first-order valence-electron chi connectivity index (χ1n) is 17.1. The summed E-state index contributed by atoms with van der Waals surface area (Å²) in [5, 5.41) is 0. The maximum absolute atomic E-state index is 14.0. The average molecular weight is 678 g/mol. The molecular weight excluding hydrogens is 634 g/mol. The van der Waals surface area contributed by atoms with Gasteiger partial charge in [0.25, 0.3) is 0 Å². The van der Waals surface area contributed by atoms with Gasteiger partial charge in [-0.25, -0.2) is 9.59 Å². The minimum Gasteiger partial charge on any atom is -0.493 e. The number of ether oxygens (including phenoxy) is 5. The zero-order chi connectivity index (χ0) is 35.0. The SMILES string of the molecule is COc1ccc(CC[C@@H](OC(=O)[C@@H]2CCCCN2C(=O)OCC2c3ccccc3-c3ccccc32)c2cccc(OCC(C)=O)c2)cc1OC. The van der Waals surface area contributed by atoms with Crippen LogP contribution < -0.4 is 14.2 Å². The fourth-order valence-corrected chi connectivity index (χ4v) is 6.91. The first-order valence-corrected chi connectivity index (χ1v) is 17.1. The number of rotatable bonds is 13. The van der Waals surface area contributed by atoms with Crippen molar-refractivity contribution in [3.8, 4) is 28.4 Å². The van der Waals surface area contributed by atoms with Crippen LogP contribution in [0.5, 0.6) is 17.2 Å². The lowest BCUT2D eigenvalue weighted by Gasteiger charge is -2.34. The Bertz CT molecular complexity index is 1790. The third kappa shape index (κ3) is 7.77. The van der Waals surface area contributed by atoms with Gasteiger partial charge in [0.1, 0.15) is 31.1 Å². The first kappa shape index (κ1) is 34.5. The molecular formula is C41H43NO8. The summed E-state index contributed by atoms with van der Waals surface area (Å²) < 4.78 is 28.8. The molecule has 4 aromatic rings. The summed E-state index contributed by atoms with van der Waals surface area (Å²) >= 11 is 0. The van der Waals surface area contributed by atoms with Crippen LogP contribution in [0.15, 0.2) is 91.0 Å². The van der Waals surface area contributed by atoms with Gasteiger partial charge in [0.15, 0.2) is 17.3 Å². The highest BCUT2D eigenvalue weighted by Gasteiger charge is 2.37. The Morgan fingerprint density at radius 1 is 0.820 bits per heavy atom. The molecule has 1 aliphatic heterocycles. The van der Waals surface area contributed by atoms with Crippen LogP contribution in [0.1, 0.15) is 66.9 Å². The summed E-state index contributed by atoms with van der Waals surface area (Å²) in [6.45, 7) is 1.98. The van der Waals surface area contributed by atoms with Crippen LogP contribution in [-0.2, 0) is 25.5 Å². The van der Waals surface area contributed by atoms with Gasteiger partial charge in [-0.05, 0) is 96.7 Å². The number of esters is 1. The third-order valence-electron chi connectivity index (χ3n) is 9.42. The number of hydrogen-bond acceptors (Lipinski definition) is 8. The second-order valence-electron chi connectivity index (χ2n) is 12.7. The maximum atomic E-state index is 14.0. The zero-order valence-electron chi connectivity index (χ0n) is 28.8. The molecule has 2 aliphatic rings. The minimum atomic E-state index is -0.778. The van der Waals surface area contributed by atoms with Crippen LogP contribution >= 0.6 is 0 Å². The second-order valence-corrected chi connectivity index (χ2v) is 12.7. The molecule has 9 heteroatoms. The highest BCUT2D eigenvalue weighted by molar-refractivity contribution is 5.82. The lowest BCUT2D eigenvalue weighted by Crippen LogP contribution is -2.49. The van der Waals surface area contributed by atoms with Gasteiger partial charge >= 0.3 is 12.1 Å². The van der Waals surface area contributed by atoms with E-state index in [1.165, 1.54) is 11.8 Å². The molecule has 9 nitrogen and oxygen atoms in total. The molecule has 1 fully saturated rings. The number of amides is 1. The number of ketones is 1. The molecule has 0 radical (unpaired) electrons. The fraction of sp³-hybridized carbons (Fsp3) is 0.341. The minimum absolute atomic E-state index is 0.0588. The van der Waals surface area contributed by atoms with Crippen LogP contribution in [0.4, 0.5) is 4.79 Å². The number of aryl methyl sites for hydroxylation is 1. The normalized spacial score (nSPS) is 15.7. The molecule has 0 aromatic heterocycles. The molecule has 0 spiro atoms. The quantitative estimate of drug-likeness (QED) is 0.133. The van der Waals surface area contributed by atoms with Gasteiger partial charge in [-0.1, -0.05) is 66.7 Å². The Kier molecular flexibility index (Phi) is 11.0. The van der Waals surface area contributed by atoms with Gasteiger partial charge in [-0.15, -0.1) is 0 Å². The van der Waals surface area contributed by atoms with Crippen molar-refractivity contribution in [3.05, 3.63) is 113 Å². The predicted molar refractivity (Wildman–Crippen MR) is 189 cm³/mol. The van der Waals surface area contributed by atoms with E-state index in [1.54, 1.807) is 26.4 Å². The Hall–Kier alpha value is -5.31. The molecule has 1 heterocycles. The summed E-state index contributed by atoms with van der Waals surface area (Å²) in [6.07, 6.45) is 1.89. The van der Waals surface area contributed by atoms with Crippen molar-refractivity contribution in [1.82, 2.24) is 4.90 Å². The highest BCUT2D eigenvalue weighted by Crippen LogP contribution is 2.44. The van der Waals surface area contributed by atoms with E-state index in [-0.39, 0.29) is 24.9 Å². The molecule has 50 heavy (non-hydrogen) atoms. The van der Waals surface area contributed by atoms with Crippen LogP contribution in [0, 0.1) is 0 Å². The molecule has 4 aromatic carbocycles. The summed E-state index contributed by atoms with van der Waals surface area (Å²) in [4.78, 5) is 40.8. The van der Waals surface area contributed by atoms with E-state index in [2.05, 4.69) is 24.3 Å².